The summed E-state index contributed by atoms with van der Waals surface area (Å²) in [6, 6.07) is 1.53. The molecule has 1 heterocycles. The second kappa shape index (κ2) is 3.18. The van der Waals surface area contributed by atoms with Crippen LogP contribution in [0.3, 0.4) is 0 Å². The Balaban J connectivity index is 2.30. The Morgan fingerprint density at radius 1 is 1.56 bits per heavy atom. The summed E-state index contributed by atoms with van der Waals surface area (Å²) in [5.41, 5.74) is 0. The van der Waals surface area contributed by atoms with Gasteiger partial charge in [0.25, 0.3) is 0 Å². The van der Waals surface area contributed by atoms with Crippen LogP contribution < -0.4 is 10.6 Å². The number of likely N-dealkylation sites (N-methyl/N-ethyl adjacent to an activating group) is 1. The number of hydrogen-bond donors (Lipinski definition) is 2. The zero-order valence-corrected chi connectivity index (χ0v) is 6.35. The highest BCUT2D eigenvalue weighted by Crippen LogP contribution is 2.03. The highest BCUT2D eigenvalue weighted by Gasteiger charge is 2.21. The van der Waals surface area contributed by atoms with E-state index in [0.717, 1.165) is 6.04 Å². The topological polar surface area (TPSA) is 28.6 Å². The molecule has 2 atom stereocenters. The predicted molar refractivity (Wildman–Crippen MR) is 38.3 cm³/mol. The fraction of sp³-hybridized carbons (Fsp3) is 1.00. The first-order chi connectivity index (χ1) is 4.34. The molecule has 1 fully saturated rings. The molecule has 0 spiro atoms. The molecule has 3 N–H and O–H groups in total. The quantitative estimate of drug-likeness (QED) is 0.482. The van der Waals surface area contributed by atoms with E-state index in [9.17, 15) is 0 Å². The molecule has 0 aromatic carbocycles. The fourth-order valence-electron chi connectivity index (χ4n) is 1.52. The minimum atomic E-state index is 0.712. The molecule has 0 bridgehead atoms. The molecular weight excluding hydrogens is 112 g/mol. The maximum Gasteiger partial charge on any atom is 0.101 e. The lowest BCUT2D eigenvalue weighted by Crippen LogP contribution is -2.90. The first kappa shape index (κ1) is 7.03. The summed E-state index contributed by atoms with van der Waals surface area (Å²) in [5.74, 6) is 0. The number of quaternary nitrogens is 1. The average molecular weight is 129 g/mol. The number of nitrogens with one attached hydrogen (secondary N) is 1. The highest BCUT2D eigenvalue weighted by atomic mass is 15.0. The monoisotopic (exact) mass is 129 g/mol. The Hall–Kier alpha value is -0.0800. The van der Waals surface area contributed by atoms with Crippen LogP contribution in [0.4, 0.5) is 0 Å². The molecule has 1 saturated heterocycles. The summed E-state index contributed by atoms with van der Waals surface area (Å²) in [7, 11) is 2.16. The van der Waals surface area contributed by atoms with E-state index in [4.69, 9.17) is 0 Å². The summed E-state index contributed by atoms with van der Waals surface area (Å²) in [6.07, 6.45) is 2.73. The van der Waals surface area contributed by atoms with Crippen molar-refractivity contribution in [2.75, 3.05) is 13.6 Å². The summed E-state index contributed by atoms with van der Waals surface area (Å²) in [5, 5.41) is 5.77. The number of nitrogens with two attached hydrogens (primary N) is 1. The summed E-state index contributed by atoms with van der Waals surface area (Å²) in [6.45, 7) is 3.48. The molecule has 54 valence electrons. The van der Waals surface area contributed by atoms with Crippen LogP contribution in [0.25, 0.3) is 0 Å². The van der Waals surface area contributed by atoms with Crippen molar-refractivity contribution in [1.82, 2.24) is 5.32 Å². The molecule has 9 heavy (non-hydrogen) atoms. The van der Waals surface area contributed by atoms with Crippen molar-refractivity contribution >= 4 is 0 Å². The van der Waals surface area contributed by atoms with E-state index in [-0.39, 0.29) is 0 Å². The van der Waals surface area contributed by atoms with Gasteiger partial charge >= 0.3 is 0 Å². The molecule has 0 aliphatic carbocycles. The van der Waals surface area contributed by atoms with Crippen molar-refractivity contribution in [3.8, 4) is 0 Å². The third-order valence-corrected chi connectivity index (χ3v) is 2.25. The lowest BCUT2D eigenvalue weighted by molar-refractivity contribution is -0.668. The number of rotatable bonds is 1. The minimum absolute atomic E-state index is 0.712. The SMILES string of the molecule is C[NH2+][C@H]1CCCN[C@H]1C. The molecular formula is C7H17N2+. The van der Waals surface area contributed by atoms with Gasteiger partial charge in [-0.15, -0.1) is 0 Å². The van der Waals surface area contributed by atoms with Gasteiger partial charge in [-0.05, 0) is 19.9 Å². The fourth-order valence-corrected chi connectivity index (χ4v) is 1.52. The van der Waals surface area contributed by atoms with Crippen LogP contribution in [0.5, 0.6) is 0 Å². The first-order valence-corrected chi connectivity index (χ1v) is 3.87. The van der Waals surface area contributed by atoms with Crippen LogP contribution in [-0.4, -0.2) is 25.7 Å². The van der Waals surface area contributed by atoms with Gasteiger partial charge in [-0.3, -0.25) is 0 Å². The number of hydrogen-bond acceptors (Lipinski definition) is 1. The van der Waals surface area contributed by atoms with Crippen molar-refractivity contribution < 1.29 is 5.32 Å². The zero-order chi connectivity index (χ0) is 6.69. The smallest absolute Gasteiger partial charge is 0.101 e. The standard InChI is InChI=1S/C7H16N2/c1-6-7(8-2)4-3-5-9-6/h6-9H,3-5H2,1-2H3/p+1/t6-,7-/m0/s1. The van der Waals surface area contributed by atoms with E-state index in [1.165, 1.54) is 19.4 Å². The second-order valence-corrected chi connectivity index (χ2v) is 2.88. The van der Waals surface area contributed by atoms with Gasteiger partial charge < -0.3 is 10.6 Å². The normalized spacial score (nSPS) is 36.7. The van der Waals surface area contributed by atoms with Gasteiger partial charge in [0.1, 0.15) is 6.04 Å². The zero-order valence-electron chi connectivity index (χ0n) is 6.35. The molecule has 2 heteroatoms. The lowest BCUT2D eigenvalue weighted by atomic mass is 10.0. The van der Waals surface area contributed by atoms with Gasteiger partial charge in [0.05, 0.1) is 13.1 Å². The predicted octanol–water partition coefficient (Wildman–Crippen LogP) is -0.680. The van der Waals surface area contributed by atoms with Crippen molar-refractivity contribution in [1.29, 1.82) is 0 Å². The molecule has 1 aliphatic rings. The average Bonchev–Trinajstić information content (AvgIpc) is 1.89. The van der Waals surface area contributed by atoms with Gasteiger partial charge in [0.2, 0.25) is 0 Å². The summed E-state index contributed by atoms with van der Waals surface area (Å²) in [4.78, 5) is 0. The van der Waals surface area contributed by atoms with E-state index >= 15 is 0 Å². The highest BCUT2D eigenvalue weighted by molar-refractivity contribution is 4.75. The Bertz CT molecular complexity index is 83.0. The van der Waals surface area contributed by atoms with Gasteiger partial charge in [0, 0.05) is 6.42 Å². The van der Waals surface area contributed by atoms with Gasteiger partial charge in [0.15, 0.2) is 0 Å². The Morgan fingerprint density at radius 3 is 2.78 bits per heavy atom. The molecule has 0 radical (unpaired) electrons. The van der Waals surface area contributed by atoms with Crippen molar-refractivity contribution in [3.63, 3.8) is 0 Å². The largest absolute Gasteiger partial charge is 0.345 e. The van der Waals surface area contributed by atoms with Crippen LogP contribution in [-0.2, 0) is 0 Å². The molecule has 0 aromatic rings. The first-order valence-electron chi connectivity index (χ1n) is 3.87. The Labute approximate surface area is 57.0 Å². The van der Waals surface area contributed by atoms with Gasteiger partial charge in [-0.25, -0.2) is 0 Å². The molecule has 0 unspecified atom stereocenters. The number of piperidine rings is 1. The Kier molecular flexibility index (Phi) is 2.49. The summed E-state index contributed by atoms with van der Waals surface area (Å²) >= 11 is 0. The molecule has 0 aromatic heterocycles. The van der Waals surface area contributed by atoms with Crippen molar-refractivity contribution in [2.24, 2.45) is 0 Å². The third-order valence-electron chi connectivity index (χ3n) is 2.25. The van der Waals surface area contributed by atoms with Crippen LogP contribution >= 0.6 is 0 Å². The van der Waals surface area contributed by atoms with Crippen LogP contribution in [0.15, 0.2) is 0 Å². The molecule has 1 rings (SSSR count). The minimum Gasteiger partial charge on any atom is -0.345 e. The van der Waals surface area contributed by atoms with Crippen LogP contribution in [0.1, 0.15) is 19.8 Å². The van der Waals surface area contributed by atoms with Crippen molar-refractivity contribution in [3.05, 3.63) is 0 Å². The van der Waals surface area contributed by atoms with Gasteiger partial charge in [-0.1, -0.05) is 0 Å². The Morgan fingerprint density at radius 2 is 2.33 bits per heavy atom. The second-order valence-electron chi connectivity index (χ2n) is 2.88. The van der Waals surface area contributed by atoms with Crippen molar-refractivity contribution in [2.45, 2.75) is 31.8 Å². The van der Waals surface area contributed by atoms with E-state index in [1.807, 2.05) is 0 Å². The molecule has 2 nitrogen and oxygen atoms in total. The third kappa shape index (κ3) is 1.66. The maximum atomic E-state index is 3.45. The maximum absolute atomic E-state index is 3.45. The van der Waals surface area contributed by atoms with E-state index in [1.54, 1.807) is 0 Å². The van der Waals surface area contributed by atoms with E-state index in [2.05, 4.69) is 24.6 Å². The molecule has 0 saturated carbocycles. The van der Waals surface area contributed by atoms with E-state index < -0.39 is 0 Å². The molecule has 1 aliphatic heterocycles. The van der Waals surface area contributed by atoms with E-state index in [0.29, 0.717) is 6.04 Å². The van der Waals surface area contributed by atoms with Gasteiger partial charge in [-0.2, -0.15) is 0 Å². The van der Waals surface area contributed by atoms with Crippen LogP contribution in [0, 0.1) is 0 Å². The van der Waals surface area contributed by atoms with Crippen LogP contribution in [0.2, 0.25) is 0 Å². The molecule has 0 amide bonds. The lowest BCUT2D eigenvalue weighted by Gasteiger charge is -2.26. The summed E-state index contributed by atoms with van der Waals surface area (Å²) < 4.78 is 0.